The second kappa shape index (κ2) is 8.10. The molecule has 1 aromatic heterocycles. The van der Waals surface area contributed by atoms with Crippen LogP contribution in [0.15, 0.2) is 23.2 Å². The number of hydrogen-bond acceptors (Lipinski definition) is 5. The van der Waals surface area contributed by atoms with Crippen molar-refractivity contribution in [2.75, 3.05) is 24.2 Å². The molecule has 3 heterocycles. The normalized spacial score (nSPS) is 20.1. The lowest BCUT2D eigenvalue weighted by Crippen LogP contribution is -2.41. The first-order valence-corrected chi connectivity index (χ1v) is 11.0. The van der Waals surface area contributed by atoms with Crippen LogP contribution in [0.1, 0.15) is 37.4 Å². The minimum Gasteiger partial charge on any atom is -0.481 e. The van der Waals surface area contributed by atoms with Gasteiger partial charge in [-0.3, -0.25) is 14.6 Å². The van der Waals surface area contributed by atoms with E-state index in [9.17, 15) is 9.59 Å². The molecular formula is C21H26N4O3S. The number of amides is 1. The molecule has 154 valence electrons. The van der Waals surface area contributed by atoms with E-state index in [0.717, 1.165) is 53.3 Å². The number of aryl methyl sites for hydroxylation is 1. The van der Waals surface area contributed by atoms with Gasteiger partial charge in [0.25, 0.3) is 0 Å². The maximum absolute atomic E-state index is 11.5. The van der Waals surface area contributed by atoms with E-state index in [0.29, 0.717) is 11.8 Å². The number of rotatable bonds is 5. The van der Waals surface area contributed by atoms with Gasteiger partial charge in [0.05, 0.1) is 29.4 Å². The summed E-state index contributed by atoms with van der Waals surface area (Å²) < 4.78 is 0. The summed E-state index contributed by atoms with van der Waals surface area (Å²) in [5.74, 6) is 0.0391. The Kier molecular flexibility index (Phi) is 5.54. The van der Waals surface area contributed by atoms with Crippen molar-refractivity contribution in [1.29, 1.82) is 0 Å². The van der Waals surface area contributed by atoms with Crippen LogP contribution < -0.4 is 5.32 Å². The molecule has 3 N–H and O–H groups in total. The number of carboxylic acids is 1. The first-order valence-electron chi connectivity index (χ1n) is 9.97. The minimum atomic E-state index is -0.810. The fourth-order valence-electron chi connectivity index (χ4n) is 4.05. The van der Waals surface area contributed by atoms with Crippen LogP contribution >= 0.6 is 11.8 Å². The number of carbonyl (C=O) groups excluding carboxylic acids is 1. The second-order valence-corrected chi connectivity index (χ2v) is 8.89. The Balaban J connectivity index is 1.55. The number of aliphatic imine (C=N–C) groups is 1. The van der Waals surface area contributed by atoms with Crippen molar-refractivity contribution < 1.29 is 14.7 Å². The maximum atomic E-state index is 11.5. The summed E-state index contributed by atoms with van der Waals surface area (Å²) in [6.07, 6.45) is 1.94. The van der Waals surface area contributed by atoms with Gasteiger partial charge in [-0.15, -0.1) is 11.8 Å². The van der Waals surface area contributed by atoms with Crippen molar-refractivity contribution in [2.24, 2.45) is 4.99 Å². The lowest BCUT2D eigenvalue weighted by molar-refractivity contribution is -0.137. The molecule has 1 atom stereocenters. The monoisotopic (exact) mass is 414 g/mol. The average Bonchev–Trinajstić information content (AvgIpc) is 3.28. The van der Waals surface area contributed by atoms with Crippen molar-refractivity contribution in [3.05, 3.63) is 29.5 Å². The predicted molar refractivity (Wildman–Crippen MR) is 117 cm³/mol. The first-order chi connectivity index (χ1) is 13.9. The molecule has 1 aromatic carbocycles. The number of nitrogens with one attached hydrogen (secondary N) is 2. The number of thioether (sulfide) groups is 1. The van der Waals surface area contributed by atoms with Crippen molar-refractivity contribution >= 4 is 45.3 Å². The lowest BCUT2D eigenvalue weighted by Gasteiger charge is -2.32. The number of anilines is 1. The molecule has 4 rings (SSSR count). The summed E-state index contributed by atoms with van der Waals surface area (Å²) in [4.78, 5) is 32.5. The number of benzene rings is 1. The Bertz CT molecular complexity index is 976. The Labute approximate surface area is 174 Å². The molecule has 7 nitrogen and oxygen atoms in total. The smallest absolute Gasteiger partial charge is 0.305 e. The third kappa shape index (κ3) is 4.42. The van der Waals surface area contributed by atoms with Gasteiger partial charge in [-0.1, -0.05) is 0 Å². The summed E-state index contributed by atoms with van der Waals surface area (Å²) in [5, 5.41) is 14.7. The van der Waals surface area contributed by atoms with E-state index in [1.807, 2.05) is 4.90 Å². The van der Waals surface area contributed by atoms with Gasteiger partial charge in [-0.05, 0) is 43.5 Å². The van der Waals surface area contributed by atoms with Gasteiger partial charge in [0.1, 0.15) is 5.04 Å². The molecule has 0 aliphatic carbocycles. The third-order valence-electron chi connectivity index (χ3n) is 5.53. The number of hydrogen-bond donors (Lipinski definition) is 3. The molecule has 2 aliphatic heterocycles. The summed E-state index contributed by atoms with van der Waals surface area (Å²) in [5.41, 5.74) is 4.23. The molecule has 8 heteroatoms. The molecule has 1 saturated heterocycles. The Morgan fingerprint density at radius 1 is 1.31 bits per heavy atom. The highest BCUT2D eigenvalue weighted by Crippen LogP contribution is 2.31. The van der Waals surface area contributed by atoms with Crippen LogP contribution in [0.3, 0.4) is 0 Å². The molecule has 0 radical (unpaired) electrons. The zero-order chi connectivity index (χ0) is 20.5. The molecule has 0 unspecified atom stereocenters. The number of aromatic nitrogens is 1. The van der Waals surface area contributed by atoms with Gasteiger partial charge in [0, 0.05) is 37.2 Å². The number of carbonyl (C=O) groups is 2. The molecule has 0 bridgehead atoms. The van der Waals surface area contributed by atoms with Crippen LogP contribution in [0.25, 0.3) is 10.9 Å². The van der Waals surface area contributed by atoms with Gasteiger partial charge >= 0.3 is 5.97 Å². The standard InChI is InChI=1S/C21H26N4O3S/c1-12-7-14-9-18(21-23-16(11-29-21)10-19(27)28)24-20(14)17(8-12)22-15-3-5-25(6-4-15)13(2)26/h7-9,15-16,22,24H,3-6,10-11H2,1-2H3,(H,27,28)/t16-/m0/s1. The second-order valence-electron chi connectivity index (χ2n) is 7.88. The van der Waals surface area contributed by atoms with Crippen LogP contribution in [-0.4, -0.2) is 62.8 Å². The van der Waals surface area contributed by atoms with Crippen LogP contribution in [0, 0.1) is 6.92 Å². The third-order valence-corrected chi connectivity index (χ3v) is 6.68. The van der Waals surface area contributed by atoms with Crippen LogP contribution in [-0.2, 0) is 9.59 Å². The highest BCUT2D eigenvalue weighted by Gasteiger charge is 2.24. The Morgan fingerprint density at radius 2 is 2.07 bits per heavy atom. The number of aliphatic carboxylic acids is 1. The number of piperidine rings is 1. The van der Waals surface area contributed by atoms with E-state index in [1.54, 1.807) is 18.7 Å². The average molecular weight is 415 g/mol. The van der Waals surface area contributed by atoms with E-state index in [4.69, 9.17) is 5.11 Å². The fraction of sp³-hybridized carbons (Fsp3) is 0.476. The van der Waals surface area contributed by atoms with Gasteiger partial charge in [-0.25, -0.2) is 0 Å². The highest BCUT2D eigenvalue weighted by molar-refractivity contribution is 8.14. The van der Waals surface area contributed by atoms with Crippen LogP contribution in [0.5, 0.6) is 0 Å². The number of fused-ring (bicyclic) bond motifs is 1. The molecule has 1 fully saturated rings. The zero-order valence-electron chi connectivity index (χ0n) is 16.7. The molecule has 1 amide bonds. The molecule has 29 heavy (non-hydrogen) atoms. The van der Waals surface area contributed by atoms with E-state index >= 15 is 0 Å². The van der Waals surface area contributed by atoms with Gasteiger partial charge in [-0.2, -0.15) is 0 Å². The van der Waals surface area contributed by atoms with Crippen molar-refractivity contribution in [3.63, 3.8) is 0 Å². The van der Waals surface area contributed by atoms with Gasteiger partial charge in [0.15, 0.2) is 0 Å². The molecule has 0 saturated carbocycles. The largest absolute Gasteiger partial charge is 0.481 e. The van der Waals surface area contributed by atoms with E-state index in [2.05, 4.69) is 40.4 Å². The fourth-order valence-corrected chi connectivity index (χ4v) is 5.08. The summed E-state index contributed by atoms with van der Waals surface area (Å²) in [6.45, 7) is 5.29. The topological polar surface area (TPSA) is 97.8 Å². The van der Waals surface area contributed by atoms with Gasteiger partial charge < -0.3 is 20.3 Å². The Hall–Kier alpha value is -2.48. The van der Waals surface area contributed by atoms with E-state index in [-0.39, 0.29) is 18.4 Å². The SMILES string of the molecule is CC(=O)N1CCC(Nc2cc(C)cc3cc(C4=N[C@@H](CC(=O)O)CS4)[nH]c23)CC1. The maximum Gasteiger partial charge on any atom is 0.305 e. The number of nitrogens with zero attached hydrogens (tertiary/aromatic N) is 2. The number of aromatic amines is 1. The molecule has 0 spiro atoms. The number of carboxylic acid groups (broad SMARTS) is 1. The van der Waals surface area contributed by atoms with Crippen molar-refractivity contribution in [2.45, 2.75) is 45.2 Å². The Morgan fingerprint density at radius 3 is 2.76 bits per heavy atom. The predicted octanol–water partition coefficient (Wildman–Crippen LogP) is 3.24. The molecule has 2 aliphatic rings. The highest BCUT2D eigenvalue weighted by atomic mass is 32.2. The van der Waals surface area contributed by atoms with Crippen molar-refractivity contribution in [3.8, 4) is 0 Å². The zero-order valence-corrected chi connectivity index (χ0v) is 17.5. The minimum absolute atomic E-state index is 0.0710. The van der Waals surface area contributed by atoms with E-state index in [1.165, 1.54) is 5.56 Å². The summed E-state index contributed by atoms with van der Waals surface area (Å²) in [6, 6.07) is 6.57. The lowest BCUT2D eigenvalue weighted by atomic mass is 10.0. The molecule has 2 aromatic rings. The van der Waals surface area contributed by atoms with Gasteiger partial charge in [0.2, 0.25) is 5.91 Å². The van der Waals surface area contributed by atoms with Crippen LogP contribution in [0.2, 0.25) is 0 Å². The number of likely N-dealkylation sites (tertiary alicyclic amines) is 1. The number of H-pyrrole nitrogens is 1. The first kappa shape index (κ1) is 19.8. The summed E-state index contributed by atoms with van der Waals surface area (Å²) >= 11 is 1.61. The van der Waals surface area contributed by atoms with Crippen LogP contribution in [0.4, 0.5) is 5.69 Å². The molecular weight excluding hydrogens is 388 g/mol. The summed E-state index contributed by atoms with van der Waals surface area (Å²) in [7, 11) is 0. The van der Waals surface area contributed by atoms with E-state index < -0.39 is 5.97 Å². The quantitative estimate of drug-likeness (QED) is 0.698. The van der Waals surface area contributed by atoms with Crippen molar-refractivity contribution in [1.82, 2.24) is 9.88 Å².